The molecule has 1 aromatic heterocycles. The lowest BCUT2D eigenvalue weighted by Crippen LogP contribution is -2.30. The van der Waals surface area contributed by atoms with Crippen LogP contribution in [-0.2, 0) is 6.18 Å². The van der Waals surface area contributed by atoms with Crippen molar-refractivity contribution in [3.63, 3.8) is 0 Å². The highest BCUT2D eigenvalue weighted by molar-refractivity contribution is 5.58. The van der Waals surface area contributed by atoms with Crippen molar-refractivity contribution in [2.24, 2.45) is 5.92 Å². The summed E-state index contributed by atoms with van der Waals surface area (Å²) in [5.41, 5.74) is -0.868. The summed E-state index contributed by atoms with van der Waals surface area (Å²) >= 11 is 0. The van der Waals surface area contributed by atoms with E-state index in [0.29, 0.717) is 5.69 Å². The van der Waals surface area contributed by atoms with Gasteiger partial charge in [0.25, 0.3) is 0 Å². The van der Waals surface area contributed by atoms with E-state index < -0.39 is 24.5 Å². The first-order valence-electron chi connectivity index (χ1n) is 8.24. The molecule has 2 rings (SSSR count). The summed E-state index contributed by atoms with van der Waals surface area (Å²) in [4.78, 5) is 7.45. The summed E-state index contributed by atoms with van der Waals surface area (Å²) in [6, 6.07) is 5.36. The van der Waals surface area contributed by atoms with Gasteiger partial charge in [-0.2, -0.15) is 26.9 Å². The highest BCUT2D eigenvalue weighted by atomic mass is 19.4. The number of ether oxygens (including phenoxy) is 1. The molecular formula is C17H19F5N4O2. The molecule has 2 aromatic rings. The van der Waals surface area contributed by atoms with E-state index in [0.717, 1.165) is 6.07 Å². The molecule has 0 spiro atoms. The molecule has 1 atom stereocenters. The quantitative estimate of drug-likeness (QED) is 0.569. The second-order valence-corrected chi connectivity index (χ2v) is 6.17. The van der Waals surface area contributed by atoms with Gasteiger partial charge in [0.05, 0.1) is 12.6 Å². The molecule has 11 heteroatoms. The van der Waals surface area contributed by atoms with E-state index in [1.165, 1.54) is 24.3 Å². The van der Waals surface area contributed by atoms with Crippen LogP contribution in [0.15, 0.2) is 30.3 Å². The molecule has 0 aliphatic carbocycles. The fourth-order valence-corrected chi connectivity index (χ4v) is 2.18. The molecule has 0 radical (unpaired) electrons. The standard InChI is InChI=1S/C17H19F5N4O2/c1-9(2)12(8-27)24-16-25-13(17(20,21)22)7-14(26-16)23-10-3-5-11(6-4-10)28-15(18)19/h3-7,9,12,15,27H,8H2,1-2H3,(H2,23,24,25,26)/t12-/m0/s1. The fourth-order valence-electron chi connectivity index (χ4n) is 2.18. The Morgan fingerprint density at radius 1 is 1.11 bits per heavy atom. The summed E-state index contributed by atoms with van der Waals surface area (Å²) in [5, 5.41) is 14.7. The smallest absolute Gasteiger partial charge is 0.433 e. The third-order valence-corrected chi connectivity index (χ3v) is 3.68. The van der Waals surface area contributed by atoms with Crippen molar-refractivity contribution in [1.29, 1.82) is 0 Å². The second kappa shape index (κ2) is 9.00. The number of aliphatic hydroxyl groups excluding tert-OH is 1. The Bertz CT molecular complexity index is 769. The van der Waals surface area contributed by atoms with E-state index >= 15 is 0 Å². The number of rotatable bonds is 8. The van der Waals surface area contributed by atoms with Crippen LogP contribution in [-0.4, -0.2) is 34.3 Å². The average Bonchev–Trinajstić information content (AvgIpc) is 2.59. The van der Waals surface area contributed by atoms with Crippen molar-refractivity contribution in [2.45, 2.75) is 32.7 Å². The largest absolute Gasteiger partial charge is 0.435 e. The molecule has 0 saturated heterocycles. The first kappa shape index (κ1) is 21.6. The van der Waals surface area contributed by atoms with Crippen molar-refractivity contribution < 1.29 is 31.8 Å². The molecule has 154 valence electrons. The maximum absolute atomic E-state index is 13.2. The summed E-state index contributed by atoms with van der Waals surface area (Å²) in [5.74, 6) is -0.637. The lowest BCUT2D eigenvalue weighted by atomic mass is 10.1. The van der Waals surface area contributed by atoms with Crippen LogP contribution < -0.4 is 15.4 Å². The van der Waals surface area contributed by atoms with Gasteiger partial charge in [0, 0.05) is 11.8 Å². The number of alkyl halides is 5. The second-order valence-electron chi connectivity index (χ2n) is 6.17. The van der Waals surface area contributed by atoms with Gasteiger partial charge in [-0.15, -0.1) is 0 Å². The maximum atomic E-state index is 13.2. The lowest BCUT2D eigenvalue weighted by molar-refractivity contribution is -0.141. The number of aliphatic hydroxyl groups is 1. The highest BCUT2D eigenvalue weighted by Crippen LogP contribution is 2.31. The van der Waals surface area contributed by atoms with Gasteiger partial charge in [0.15, 0.2) is 5.69 Å². The normalized spacial score (nSPS) is 12.9. The molecule has 0 amide bonds. The summed E-state index contributed by atoms with van der Waals surface area (Å²) in [7, 11) is 0. The van der Waals surface area contributed by atoms with Crippen molar-refractivity contribution in [2.75, 3.05) is 17.2 Å². The number of hydrogen-bond donors (Lipinski definition) is 3. The lowest BCUT2D eigenvalue weighted by Gasteiger charge is -2.21. The fraction of sp³-hybridized carbons (Fsp3) is 0.412. The third kappa shape index (κ3) is 6.19. The van der Waals surface area contributed by atoms with E-state index in [-0.39, 0.29) is 30.0 Å². The Balaban J connectivity index is 2.28. The summed E-state index contributed by atoms with van der Waals surface area (Å²) < 4.78 is 68.0. The molecule has 1 heterocycles. The zero-order chi connectivity index (χ0) is 20.9. The Labute approximate surface area is 157 Å². The molecule has 1 aromatic carbocycles. The van der Waals surface area contributed by atoms with Crippen molar-refractivity contribution in [3.05, 3.63) is 36.0 Å². The molecule has 6 nitrogen and oxygen atoms in total. The van der Waals surface area contributed by atoms with Crippen LogP contribution in [0.25, 0.3) is 0 Å². The van der Waals surface area contributed by atoms with Crippen LogP contribution in [0.4, 0.5) is 39.4 Å². The van der Waals surface area contributed by atoms with Crippen LogP contribution in [0, 0.1) is 5.92 Å². The number of hydrogen-bond acceptors (Lipinski definition) is 6. The van der Waals surface area contributed by atoms with E-state index in [2.05, 4.69) is 25.3 Å². The average molecular weight is 406 g/mol. The number of nitrogens with zero attached hydrogens (tertiary/aromatic N) is 2. The molecule has 0 aliphatic heterocycles. The zero-order valence-electron chi connectivity index (χ0n) is 15.0. The van der Waals surface area contributed by atoms with Crippen LogP contribution in [0.3, 0.4) is 0 Å². The highest BCUT2D eigenvalue weighted by Gasteiger charge is 2.34. The van der Waals surface area contributed by atoms with Gasteiger partial charge in [-0.1, -0.05) is 13.8 Å². The van der Waals surface area contributed by atoms with Crippen LogP contribution in [0.1, 0.15) is 19.5 Å². The molecule has 3 N–H and O–H groups in total. The molecule has 0 aliphatic rings. The Morgan fingerprint density at radius 2 is 1.75 bits per heavy atom. The zero-order valence-corrected chi connectivity index (χ0v) is 15.0. The minimum absolute atomic E-state index is 0.0815. The Hall–Kier alpha value is -2.69. The predicted molar refractivity (Wildman–Crippen MR) is 92.7 cm³/mol. The monoisotopic (exact) mass is 406 g/mol. The van der Waals surface area contributed by atoms with Gasteiger partial charge in [-0.25, -0.2) is 4.98 Å². The minimum Gasteiger partial charge on any atom is -0.435 e. The molecule has 0 unspecified atom stereocenters. The van der Waals surface area contributed by atoms with Gasteiger partial charge >= 0.3 is 12.8 Å². The van der Waals surface area contributed by atoms with E-state index in [4.69, 9.17) is 0 Å². The molecule has 0 saturated carbocycles. The number of aromatic nitrogens is 2. The minimum atomic E-state index is -4.71. The number of anilines is 3. The van der Waals surface area contributed by atoms with Crippen LogP contribution in [0.5, 0.6) is 5.75 Å². The SMILES string of the molecule is CC(C)[C@H](CO)Nc1nc(Nc2ccc(OC(F)F)cc2)cc(C(F)(F)F)n1. The van der Waals surface area contributed by atoms with Gasteiger partial charge in [0.2, 0.25) is 5.95 Å². The first-order chi connectivity index (χ1) is 13.1. The van der Waals surface area contributed by atoms with Gasteiger partial charge in [-0.05, 0) is 30.2 Å². The Morgan fingerprint density at radius 3 is 2.25 bits per heavy atom. The van der Waals surface area contributed by atoms with Crippen molar-refractivity contribution in [3.8, 4) is 5.75 Å². The molecular weight excluding hydrogens is 387 g/mol. The van der Waals surface area contributed by atoms with Crippen molar-refractivity contribution in [1.82, 2.24) is 9.97 Å². The molecule has 28 heavy (non-hydrogen) atoms. The summed E-state index contributed by atoms with van der Waals surface area (Å²) in [6.07, 6.45) is -4.71. The van der Waals surface area contributed by atoms with Crippen LogP contribution in [0.2, 0.25) is 0 Å². The Kier molecular flexibility index (Phi) is 6.95. The van der Waals surface area contributed by atoms with Gasteiger partial charge < -0.3 is 20.5 Å². The van der Waals surface area contributed by atoms with Crippen molar-refractivity contribution >= 4 is 17.5 Å². The van der Waals surface area contributed by atoms with Crippen LogP contribution >= 0.6 is 0 Å². The maximum Gasteiger partial charge on any atom is 0.433 e. The summed E-state index contributed by atoms with van der Waals surface area (Å²) in [6.45, 7) is 0.267. The predicted octanol–water partition coefficient (Wildman–Crippen LogP) is 4.27. The number of nitrogens with one attached hydrogen (secondary N) is 2. The van der Waals surface area contributed by atoms with Gasteiger partial charge in [-0.3, -0.25) is 0 Å². The van der Waals surface area contributed by atoms with E-state index in [1.54, 1.807) is 13.8 Å². The number of halogens is 5. The van der Waals surface area contributed by atoms with E-state index in [9.17, 15) is 27.1 Å². The first-order valence-corrected chi connectivity index (χ1v) is 8.24. The molecule has 0 bridgehead atoms. The topological polar surface area (TPSA) is 79.3 Å². The van der Waals surface area contributed by atoms with Gasteiger partial charge in [0.1, 0.15) is 11.6 Å². The van der Waals surface area contributed by atoms with E-state index in [1.807, 2.05) is 0 Å². The number of benzene rings is 1. The third-order valence-electron chi connectivity index (χ3n) is 3.68. The molecule has 0 fully saturated rings.